The molecule has 1 N–H and O–H groups in total. The van der Waals surface area contributed by atoms with Crippen molar-refractivity contribution in [2.75, 3.05) is 13.2 Å². The molecule has 20 heavy (non-hydrogen) atoms. The Kier molecular flexibility index (Phi) is 4.08. The van der Waals surface area contributed by atoms with Crippen LogP contribution < -0.4 is 9.47 Å². The molecule has 0 atom stereocenters. The minimum atomic E-state index is -1.00. The lowest BCUT2D eigenvalue weighted by Gasteiger charge is -2.13. The molecular formula is C15H17NO4. The standard InChI is InChI=1S/C15H17NO4/c1-4-19-12-6-9(3)16-14-11(12)7-10(15(17)18)8-13(14)20-5-2/h6-8H,4-5H2,1-3H3,(H,17,18). The second-order valence-electron chi connectivity index (χ2n) is 4.30. The molecule has 1 aromatic carbocycles. The van der Waals surface area contributed by atoms with E-state index in [-0.39, 0.29) is 5.56 Å². The topological polar surface area (TPSA) is 68.7 Å². The SMILES string of the molecule is CCOc1cc(C)nc2c(OCC)cc(C(=O)O)cc12. The minimum Gasteiger partial charge on any atom is -0.493 e. The van der Waals surface area contributed by atoms with E-state index < -0.39 is 5.97 Å². The third-order valence-corrected chi connectivity index (χ3v) is 2.82. The summed E-state index contributed by atoms with van der Waals surface area (Å²) in [5, 5.41) is 9.85. The van der Waals surface area contributed by atoms with Crippen LogP contribution in [-0.4, -0.2) is 29.3 Å². The highest BCUT2D eigenvalue weighted by Crippen LogP contribution is 2.33. The first kappa shape index (κ1) is 14.1. The number of hydrogen-bond acceptors (Lipinski definition) is 4. The molecule has 0 amide bonds. The quantitative estimate of drug-likeness (QED) is 0.908. The Morgan fingerprint density at radius 3 is 2.40 bits per heavy atom. The van der Waals surface area contributed by atoms with Gasteiger partial charge in [0.2, 0.25) is 0 Å². The van der Waals surface area contributed by atoms with Crippen molar-refractivity contribution in [2.45, 2.75) is 20.8 Å². The van der Waals surface area contributed by atoms with Gasteiger partial charge < -0.3 is 14.6 Å². The molecule has 5 nitrogen and oxygen atoms in total. The van der Waals surface area contributed by atoms with E-state index in [1.54, 1.807) is 12.1 Å². The molecule has 0 aliphatic heterocycles. The van der Waals surface area contributed by atoms with E-state index in [4.69, 9.17) is 9.47 Å². The predicted octanol–water partition coefficient (Wildman–Crippen LogP) is 3.04. The maximum absolute atomic E-state index is 11.2. The Hall–Kier alpha value is -2.30. The highest BCUT2D eigenvalue weighted by atomic mass is 16.5. The van der Waals surface area contributed by atoms with Crippen molar-refractivity contribution in [1.29, 1.82) is 0 Å². The molecule has 0 bridgehead atoms. The second kappa shape index (κ2) is 5.77. The zero-order chi connectivity index (χ0) is 14.7. The van der Waals surface area contributed by atoms with Crippen molar-refractivity contribution < 1.29 is 19.4 Å². The lowest BCUT2D eigenvalue weighted by molar-refractivity contribution is 0.0696. The molecule has 0 radical (unpaired) electrons. The van der Waals surface area contributed by atoms with Crippen LogP contribution in [0.2, 0.25) is 0 Å². The maximum Gasteiger partial charge on any atom is 0.335 e. The monoisotopic (exact) mass is 275 g/mol. The third kappa shape index (κ3) is 2.66. The molecule has 2 aromatic rings. The van der Waals surface area contributed by atoms with Crippen molar-refractivity contribution in [3.05, 3.63) is 29.5 Å². The molecule has 0 unspecified atom stereocenters. The number of carboxylic acids is 1. The molecule has 106 valence electrons. The maximum atomic E-state index is 11.2. The molecule has 0 saturated carbocycles. The molecule has 0 fully saturated rings. The first-order chi connectivity index (χ1) is 9.56. The number of hydrogen-bond donors (Lipinski definition) is 1. The van der Waals surface area contributed by atoms with Gasteiger partial charge in [0.05, 0.1) is 18.8 Å². The Morgan fingerprint density at radius 1 is 1.15 bits per heavy atom. The van der Waals surface area contributed by atoms with Crippen molar-refractivity contribution in [2.24, 2.45) is 0 Å². The number of fused-ring (bicyclic) bond motifs is 1. The van der Waals surface area contributed by atoms with Crippen LogP contribution in [0.25, 0.3) is 10.9 Å². The third-order valence-electron chi connectivity index (χ3n) is 2.82. The van der Waals surface area contributed by atoms with E-state index in [9.17, 15) is 9.90 Å². The number of nitrogens with zero attached hydrogens (tertiary/aromatic N) is 1. The van der Waals surface area contributed by atoms with Crippen molar-refractivity contribution in [1.82, 2.24) is 4.98 Å². The number of aromatic carboxylic acids is 1. The lowest BCUT2D eigenvalue weighted by atomic mass is 10.1. The molecule has 1 heterocycles. The molecule has 0 saturated heterocycles. The van der Waals surface area contributed by atoms with Gasteiger partial charge >= 0.3 is 5.97 Å². The smallest absolute Gasteiger partial charge is 0.335 e. The number of benzene rings is 1. The highest BCUT2D eigenvalue weighted by Gasteiger charge is 2.15. The Morgan fingerprint density at radius 2 is 1.80 bits per heavy atom. The molecule has 0 aliphatic carbocycles. The fraction of sp³-hybridized carbons (Fsp3) is 0.333. The summed E-state index contributed by atoms with van der Waals surface area (Å²) in [6, 6.07) is 4.86. The van der Waals surface area contributed by atoms with Gasteiger partial charge in [0, 0.05) is 17.1 Å². The number of aromatic nitrogens is 1. The van der Waals surface area contributed by atoms with E-state index >= 15 is 0 Å². The molecular weight excluding hydrogens is 258 g/mol. The minimum absolute atomic E-state index is 0.160. The van der Waals surface area contributed by atoms with Crippen LogP contribution in [0.4, 0.5) is 0 Å². The number of carbonyl (C=O) groups is 1. The van der Waals surface area contributed by atoms with Crippen LogP contribution in [0, 0.1) is 6.92 Å². The summed E-state index contributed by atoms with van der Waals surface area (Å²) in [5.74, 6) is 0.0852. The van der Waals surface area contributed by atoms with E-state index in [2.05, 4.69) is 4.98 Å². The number of rotatable bonds is 5. The van der Waals surface area contributed by atoms with Gasteiger partial charge in [-0.1, -0.05) is 0 Å². The summed E-state index contributed by atoms with van der Waals surface area (Å²) in [6.07, 6.45) is 0. The first-order valence-electron chi connectivity index (χ1n) is 6.51. The van der Waals surface area contributed by atoms with Crippen LogP contribution in [0.3, 0.4) is 0 Å². The van der Waals surface area contributed by atoms with Crippen molar-refractivity contribution >= 4 is 16.9 Å². The Bertz CT molecular complexity index is 652. The fourth-order valence-electron chi connectivity index (χ4n) is 2.05. The summed E-state index contributed by atoms with van der Waals surface area (Å²) >= 11 is 0. The predicted molar refractivity (Wildman–Crippen MR) is 75.8 cm³/mol. The van der Waals surface area contributed by atoms with Crippen molar-refractivity contribution in [3.63, 3.8) is 0 Å². The van der Waals surface area contributed by atoms with Gasteiger partial charge in [-0.2, -0.15) is 0 Å². The Balaban J connectivity index is 2.77. The average Bonchev–Trinajstić information content (AvgIpc) is 2.39. The average molecular weight is 275 g/mol. The van der Waals surface area contributed by atoms with Crippen LogP contribution in [-0.2, 0) is 0 Å². The van der Waals surface area contributed by atoms with Crippen molar-refractivity contribution in [3.8, 4) is 11.5 Å². The van der Waals surface area contributed by atoms with Gasteiger partial charge in [-0.15, -0.1) is 0 Å². The summed E-state index contributed by atoms with van der Waals surface area (Å²) in [4.78, 5) is 15.7. The zero-order valence-electron chi connectivity index (χ0n) is 11.8. The largest absolute Gasteiger partial charge is 0.493 e. The van der Waals surface area contributed by atoms with Crippen LogP contribution >= 0.6 is 0 Å². The molecule has 2 rings (SSSR count). The van der Waals surface area contributed by atoms with E-state index in [0.717, 1.165) is 5.69 Å². The molecule has 0 spiro atoms. The van der Waals surface area contributed by atoms with Crippen LogP contribution in [0.1, 0.15) is 29.9 Å². The lowest BCUT2D eigenvalue weighted by Crippen LogP contribution is -2.02. The van der Waals surface area contributed by atoms with Crippen LogP contribution in [0.15, 0.2) is 18.2 Å². The van der Waals surface area contributed by atoms with Gasteiger partial charge in [-0.05, 0) is 32.9 Å². The van der Waals surface area contributed by atoms with Gasteiger partial charge in [0.25, 0.3) is 0 Å². The first-order valence-corrected chi connectivity index (χ1v) is 6.51. The number of carboxylic acid groups (broad SMARTS) is 1. The Labute approximate surface area is 117 Å². The fourth-order valence-corrected chi connectivity index (χ4v) is 2.05. The normalized spacial score (nSPS) is 10.6. The van der Waals surface area contributed by atoms with Gasteiger partial charge in [0.1, 0.15) is 17.0 Å². The van der Waals surface area contributed by atoms with Crippen LogP contribution in [0.5, 0.6) is 11.5 Å². The van der Waals surface area contributed by atoms with Gasteiger partial charge in [-0.3, -0.25) is 0 Å². The summed E-state index contributed by atoms with van der Waals surface area (Å²) < 4.78 is 11.1. The van der Waals surface area contributed by atoms with Gasteiger partial charge in [0.15, 0.2) is 0 Å². The molecule has 5 heteroatoms. The van der Waals surface area contributed by atoms with E-state index in [0.29, 0.717) is 35.6 Å². The molecule has 1 aromatic heterocycles. The van der Waals surface area contributed by atoms with E-state index in [1.807, 2.05) is 20.8 Å². The van der Waals surface area contributed by atoms with Gasteiger partial charge in [-0.25, -0.2) is 9.78 Å². The molecule has 0 aliphatic rings. The zero-order valence-corrected chi connectivity index (χ0v) is 11.8. The summed E-state index contributed by atoms with van der Waals surface area (Å²) in [6.45, 7) is 6.53. The van der Waals surface area contributed by atoms with E-state index in [1.165, 1.54) is 6.07 Å². The number of pyridine rings is 1. The second-order valence-corrected chi connectivity index (χ2v) is 4.30. The number of aryl methyl sites for hydroxylation is 1. The summed E-state index contributed by atoms with van der Waals surface area (Å²) in [7, 11) is 0. The highest BCUT2D eigenvalue weighted by molar-refractivity contribution is 5.98. The summed E-state index contributed by atoms with van der Waals surface area (Å²) in [5.41, 5.74) is 1.58. The number of ether oxygens (including phenoxy) is 2.